The van der Waals surface area contributed by atoms with Gasteiger partial charge in [-0.25, -0.2) is 4.39 Å². The summed E-state index contributed by atoms with van der Waals surface area (Å²) in [5.74, 6) is -0.0651. The Morgan fingerprint density at radius 3 is 2.75 bits per heavy atom. The molecule has 1 amide bonds. The Hall–Kier alpha value is -1.46. The van der Waals surface area contributed by atoms with E-state index in [-0.39, 0.29) is 18.1 Å². The van der Waals surface area contributed by atoms with Gasteiger partial charge in [-0.15, -0.1) is 0 Å². The van der Waals surface area contributed by atoms with Crippen LogP contribution in [0.1, 0.15) is 20.3 Å². The highest BCUT2D eigenvalue weighted by Gasteiger charge is 2.05. The summed E-state index contributed by atoms with van der Waals surface area (Å²) in [6.07, 6.45) is 1.04. The van der Waals surface area contributed by atoms with Crippen LogP contribution in [-0.2, 0) is 9.53 Å². The first kappa shape index (κ1) is 16.6. The minimum Gasteiger partial charge on any atom is -0.380 e. The maximum Gasteiger partial charge on any atom is 0.238 e. The number of amides is 1. The first-order valence-electron chi connectivity index (χ1n) is 6.92. The molecule has 2 N–H and O–H groups in total. The molecule has 0 aliphatic heterocycles. The topological polar surface area (TPSA) is 50.4 Å². The minimum atomic E-state index is -0.433. The largest absolute Gasteiger partial charge is 0.380 e. The number of rotatable bonds is 9. The van der Waals surface area contributed by atoms with E-state index < -0.39 is 5.82 Å². The normalized spacial score (nSPS) is 10.8. The minimum absolute atomic E-state index is 0.141. The van der Waals surface area contributed by atoms with Crippen LogP contribution in [-0.4, -0.2) is 32.2 Å². The van der Waals surface area contributed by atoms with Gasteiger partial charge >= 0.3 is 0 Å². The van der Waals surface area contributed by atoms with Crippen molar-refractivity contribution in [2.75, 3.05) is 31.6 Å². The Kier molecular flexibility index (Phi) is 7.84. The van der Waals surface area contributed by atoms with Crippen LogP contribution in [0.15, 0.2) is 24.3 Å². The fourth-order valence-electron chi connectivity index (χ4n) is 1.52. The van der Waals surface area contributed by atoms with E-state index in [9.17, 15) is 9.18 Å². The van der Waals surface area contributed by atoms with Crippen molar-refractivity contribution >= 4 is 11.6 Å². The number of carbonyl (C=O) groups excluding carboxylic acids is 1. The van der Waals surface area contributed by atoms with Crippen LogP contribution in [0.3, 0.4) is 0 Å². The number of nitrogens with one attached hydrogen (secondary N) is 2. The molecule has 4 nitrogen and oxygen atoms in total. The molecule has 0 atom stereocenters. The van der Waals surface area contributed by atoms with Crippen molar-refractivity contribution < 1.29 is 13.9 Å². The molecule has 0 aliphatic rings. The molecule has 0 saturated heterocycles. The first-order valence-corrected chi connectivity index (χ1v) is 6.92. The molecule has 1 aromatic carbocycles. The van der Waals surface area contributed by atoms with Crippen molar-refractivity contribution in [1.29, 1.82) is 0 Å². The highest BCUT2D eigenvalue weighted by molar-refractivity contribution is 5.92. The van der Waals surface area contributed by atoms with E-state index in [1.165, 1.54) is 12.1 Å². The molecule has 112 valence electrons. The number of ether oxygens (including phenoxy) is 1. The van der Waals surface area contributed by atoms with Crippen molar-refractivity contribution in [3.05, 3.63) is 30.1 Å². The lowest BCUT2D eigenvalue weighted by atomic mass is 10.1. The maximum absolute atomic E-state index is 13.3. The summed E-state index contributed by atoms with van der Waals surface area (Å²) in [7, 11) is 0. The Morgan fingerprint density at radius 2 is 2.05 bits per heavy atom. The number of anilines is 1. The molecule has 0 aromatic heterocycles. The third-order valence-electron chi connectivity index (χ3n) is 2.70. The molecule has 0 fully saturated rings. The number of hydrogen-bond donors (Lipinski definition) is 2. The summed E-state index contributed by atoms with van der Waals surface area (Å²) in [5, 5.41) is 5.46. The summed E-state index contributed by atoms with van der Waals surface area (Å²) in [6, 6.07) is 6.10. The van der Waals surface area contributed by atoms with Crippen LogP contribution in [0.25, 0.3) is 0 Å². The van der Waals surface area contributed by atoms with Crippen LogP contribution in [0, 0.1) is 11.7 Å². The molecule has 1 aromatic rings. The lowest BCUT2D eigenvalue weighted by Crippen LogP contribution is -2.30. The van der Waals surface area contributed by atoms with Crippen LogP contribution in [0.5, 0.6) is 0 Å². The van der Waals surface area contributed by atoms with Crippen molar-refractivity contribution in [3.8, 4) is 0 Å². The number of para-hydroxylation sites is 1. The van der Waals surface area contributed by atoms with E-state index in [2.05, 4.69) is 24.5 Å². The Labute approximate surface area is 119 Å². The summed E-state index contributed by atoms with van der Waals surface area (Å²) >= 11 is 0. The highest BCUT2D eigenvalue weighted by atomic mass is 19.1. The summed E-state index contributed by atoms with van der Waals surface area (Å²) < 4.78 is 18.7. The van der Waals surface area contributed by atoms with Crippen molar-refractivity contribution in [2.45, 2.75) is 20.3 Å². The number of benzene rings is 1. The predicted molar refractivity (Wildman–Crippen MR) is 78.2 cm³/mol. The van der Waals surface area contributed by atoms with Gasteiger partial charge in [0.15, 0.2) is 0 Å². The van der Waals surface area contributed by atoms with Crippen molar-refractivity contribution in [3.63, 3.8) is 0 Å². The van der Waals surface area contributed by atoms with E-state index >= 15 is 0 Å². The first-order chi connectivity index (χ1) is 9.59. The van der Waals surface area contributed by atoms with Gasteiger partial charge in [0.05, 0.1) is 18.8 Å². The fourth-order valence-corrected chi connectivity index (χ4v) is 1.52. The summed E-state index contributed by atoms with van der Waals surface area (Å²) in [6.45, 7) is 6.34. The molecule has 5 heteroatoms. The van der Waals surface area contributed by atoms with Gasteiger partial charge in [0.1, 0.15) is 5.82 Å². The second kappa shape index (κ2) is 9.44. The second-order valence-electron chi connectivity index (χ2n) is 5.00. The van der Waals surface area contributed by atoms with Gasteiger partial charge in [-0.05, 0) is 24.5 Å². The molecule has 0 spiro atoms. The van der Waals surface area contributed by atoms with Crippen LogP contribution in [0.2, 0.25) is 0 Å². The van der Waals surface area contributed by atoms with Gasteiger partial charge in [-0.3, -0.25) is 4.79 Å². The van der Waals surface area contributed by atoms with Crippen molar-refractivity contribution in [1.82, 2.24) is 5.32 Å². The van der Waals surface area contributed by atoms with Crippen LogP contribution in [0.4, 0.5) is 10.1 Å². The zero-order valence-electron chi connectivity index (χ0n) is 12.1. The summed E-state index contributed by atoms with van der Waals surface area (Å²) in [5.41, 5.74) is 0.201. The molecule has 0 unspecified atom stereocenters. The average Bonchev–Trinajstić information content (AvgIpc) is 2.40. The van der Waals surface area contributed by atoms with Gasteiger partial charge in [0, 0.05) is 13.2 Å². The van der Waals surface area contributed by atoms with Gasteiger partial charge in [-0.1, -0.05) is 26.0 Å². The third kappa shape index (κ3) is 7.21. The molecule has 0 saturated carbocycles. The van der Waals surface area contributed by atoms with Gasteiger partial charge < -0.3 is 15.4 Å². The average molecular weight is 282 g/mol. The number of carbonyl (C=O) groups is 1. The van der Waals surface area contributed by atoms with Crippen molar-refractivity contribution in [2.24, 2.45) is 5.92 Å². The molecule has 20 heavy (non-hydrogen) atoms. The molecular formula is C15H23FN2O2. The molecule has 1 rings (SSSR count). The lowest BCUT2D eigenvalue weighted by molar-refractivity contribution is -0.115. The van der Waals surface area contributed by atoms with Gasteiger partial charge in [-0.2, -0.15) is 0 Å². The second-order valence-corrected chi connectivity index (χ2v) is 5.00. The molecule has 0 heterocycles. The Balaban J connectivity index is 2.08. The van der Waals surface area contributed by atoms with E-state index in [0.29, 0.717) is 19.1 Å². The highest BCUT2D eigenvalue weighted by Crippen LogP contribution is 2.11. The molecule has 0 radical (unpaired) electrons. The zero-order chi connectivity index (χ0) is 14.8. The Morgan fingerprint density at radius 1 is 1.30 bits per heavy atom. The monoisotopic (exact) mass is 282 g/mol. The Bertz CT molecular complexity index is 411. The number of hydrogen-bond acceptors (Lipinski definition) is 3. The molecule has 0 bridgehead atoms. The molecular weight excluding hydrogens is 259 g/mol. The zero-order valence-corrected chi connectivity index (χ0v) is 12.1. The van der Waals surface area contributed by atoms with E-state index in [1.54, 1.807) is 12.1 Å². The standard InChI is InChI=1S/C15H23FN2O2/c1-12(2)7-9-20-10-8-17-11-15(19)18-14-6-4-3-5-13(14)16/h3-6,12,17H,7-11H2,1-2H3,(H,18,19). The predicted octanol–water partition coefficient (Wildman–Crippen LogP) is 2.42. The SMILES string of the molecule is CC(C)CCOCCNCC(=O)Nc1ccccc1F. The van der Waals surface area contributed by atoms with Gasteiger partial charge in [0.2, 0.25) is 5.91 Å². The van der Waals surface area contributed by atoms with Gasteiger partial charge in [0.25, 0.3) is 0 Å². The van der Waals surface area contributed by atoms with Crippen LogP contribution < -0.4 is 10.6 Å². The lowest BCUT2D eigenvalue weighted by Gasteiger charge is -2.08. The quantitative estimate of drug-likeness (QED) is 0.684. The third-order valence-corrected chi connectivity index (χ3v) is 2.70. The fraction of sp³-hybridized carbons (Fsp3) is 0.533. The number of halogens is 1. The van der Waals surface area contributed by atoms with E-state index in [1.807, 2.05) is 0 Å². The summed E-state index contributed by atoms with van der Waals surface area (Å²) in [4.78, 5) is 11.6. The van der Waals surface area contributed by atoms with E-state index in [0.717, 1.165) is 13.0 Å². The van der Waals surface area contributed by atoms with E-state index in [4.69, 9.17) is 4.74 Å². The van der Waals surface area contributed by atoms with Crippen LogP contribution >= 0.6 is 0 Å². The smallest absolute Gasteiger partial charge is 0.238 e. The molecule has 0 aliphatic carbocycles. The maximum atomic E-state index is 13.3.